The summed E-state index contributed by atoms with van der Waals surface area (Å²) in [6, 6.07) is 5.07. The van der Waals surface area contributed by atoms with Crippen molar-refractivity contribution >= 4 is 21.6 Å². The number of sulfonamides is 1. The predicted octanol–water partition coefficient (Wildman–Crippen LogP) is 0.871. The van der Waals surface area contributed by atoms with Crippen LogP contribution in [0.4, 0.5) is 0 Å². The Bertz CT molecular complexity index is 551. The van der Waals surface area contributed by atoms with Crippen molar-refractivity contribution in [1.29, 1.82) is 5.26 Å². The maximum absolute atomic E-state index is 11.8. The van der Waals surface area contributed by atoms with Crippen LogP contribution in [0.1, 0.15) is 12.5 Å². The Labute approximate surface area is 105 Å². The quantitative estimate of drug-likeness (QED) is 0.852. The fourth-order valence-electron chi connectivity index (χ4n) is 1.12. The summed E-state index contributed by atoms with van der Waals surface area (Å²) in [6.45, 7) is 1.23. The van der Waals surface area contributed by atoms with Gasteiger partial charge in [0.25, 0.3) is 0 Å². The third-order valence-corrected chi connectivity index (χ3v) is 3.90. The molecule has 7 heteroatoms. The second-order valence-electron chi connectivity index (χ2n) is 3.46. The largest absolute Gasteiger partial charge is 0.395 e. The number of nitrogens with zero attached hydrogens (tertiary/aromatic N) is 1. The summed E-state index contributed by atoms with van der Waals surface area (Å²) in [5.74, 6) is 0. The van der Waals surface area contributed by atoms with E-state index in [2.05, 4.69) is 4.72 Å². The number of nitrogens with one attached hydrogen (secondary N) is 1. The standard InChI is InChI=1S/C10H11ClN2O3S/c1-7(6-14)13-17(15,16)9-3-2-8(5-12)10(11)4-9/h2-4,7,13-14H,6H2,1H3/t7-/m1/s1. The van der Waals surface area contributed by atoms with Crippen molar-refractivity contribution in [2.75, 3.05) is 6.61 Å². The average Bonchev–Trinajstić information content (AvgIpc) is 2.28. The zero-order valence-corrected chi connectivity index (χ0v) is 10.6. The third-order valence-electron chi connectivity index (χ3n) is 2.00. The van der Waals surface area contributed by atoms with Crippen LogP contribution in [0.25, 0.3) is 0 Å². The van der Waals surface area contributed by atoms with Gasteiger partial charge in [-0.3, -0.25) is 0 Å². The minimum absolute atomic E-state index is 0.0400. The van der Waals surface area contributed by atoms with Crippen molar-refractivity contribution in [3.05, 3.63) is 28.8 Å². The zero-order chi connectivity index (χ0) is 13.1. The Morgan fingerprint density at radius 2 is 2.24 bits per heavy atom. The van der Waals surface area contributed by atoms with Crippen LogP contribution in [-0.2, 0) is 10.0 Å². The maximum Gasteiger partial charge on any atom is 0.240 e. The highest BCUT2D eigenvalue weighted by Crippen LogP contribution is 2.20. The SMILES string of the molecule is C[C@H](CO)NS(=O)(=O)c1ccc(C#N)c(Cl)c1. The van der Waals surface area contributed by atoms with E-state index in [1.807, 2.05) is 6.07 Å². The number of aliphatic hydroxyl groups is 1. The molecule has 0 spiro atoms. The van der Waals surface area contributed by atoms with Crippen LogP contribution in [0, 0.1) is 11.3 Å². The van der Waals surface area contributed by atoms with Gasteiger partial charge in [-0.1, -0.05) is 11.6 Å². The molecule has 0 aliphatic carbocycles. The maximum atomic E-state index is 11.8. The van der Waals surface area contributed by atoms with Gasteiger partial charge in [0.15, 0.2) is 0 Å². The first-order chi connectivity index (χ1) is 7.90. The molecule has 0 aliphatic heterocycles. The highest BCUT2D eigenvalue weighted by molar-refractivity contribution is 7.89. The fourth-order valence-corrected chi connectivity index (χ4v) is 2.67. The average molecular weight is 275 g/mol. The molecule has 0 radical (unpaired) electrons. The zero-order valence-electron chi connectivity index (χ0n) is 9.01. The van der Waals surface area contributed by atoms with Gasteiger partial charge in [-0.25, -0.2) is 13.1 Å². The summed E-state index contributed by atoms with van der Waals surface area (Å²) in [5.41, 5.74) is 0.209. The van der Waals surface area contributed by atoms with E-state index in [-0.39, 0.29) is 22.1 Å². The molecular weight excluding hydrogens is 264 g/mol. The molecule has 0 unspecified atom stereocenters. The summed E-state index contributed by atoms with van der Waals surface area (Å²) >= 11 is 5.74. The molecule has 0 aliphatic rings. The van der Waals surface area contributed by atoms with Crippen LogP contribution in [-0.4, -0.2) is 26.2 Å². The molecular formula is C10H11ClN2O3S. The van der Waals surface area contributed by atoms with Crippen LogP contribution >= 0.6 is 11.6 Å². The number of rotatable bonds is 4. The number of aliphatic hydroxyl groups excluding tert-OH is 1. The number of hydrogen-bond acceptors (Lipinski definition) is 4. The van der Waals surface area contributed by atoms with Gasteiger partial charge >= 0.3 is 0 Å². The van der Waals surface area contributed by atoms with E-state index in [1.165, 1.54) is 25.1 Å². The van der Waals surface area contributed by atoms with Gasteiger partial charge in [-0.15, -0.1) is 0 Å². The van der Waals surface area contributed by atoms with E-state index >= 15 is 0 Å². The molecule has 0 heterocycles. The van der Waals surface area contributed by atoms with E-state index in [0.717, 1.165) is 0 Å². The molecule has 92 valence electrons. The summed E-state index contributed by atoms with van der Waals surface area (Å²) < 4.78 is 25.8. The number of halogens is 1. The van der Waals surface area contributed by atoms with Gasteiger partial charge in [0.1, 0.15) is 6.07 Å². The van der Waals surface area contributed by atoms with E-state index in [1.54, 1.807) is 0 Å². The van der Waals surface area contributed by atoms with Crippen LogP contribution in [0.2, 0.25) is 5.02 Å². The van der Waals surface area contributed by atoms with Gasteiger partial charge < -0.3 is 5.11 Å². The number of nitriles is 1. The first-order valence-electron chi connectivity index (χ1n) is 4.73. The molecule has 1 aromatic rings. The van der Waals surface area contributed by atoms with Crippen LogP contribution in [0.3, 0.4) is 0 Å². The second kappa shape index (κ2) is 5.47. The molecule has 1 atom stereocenters. The molecule has 1 aromatic carbocycles. The van der Waals surface area contributed by atoms with Crippen LogP contribution < -0.4 is 4.72 Å². The van der Waals surface area contributed by atoms with Crippen molar-refractivity contribution in [3.8, 4) is 6.07 Å². The van der Waals surface area contributed by atoms with Crippen molar-refractivity contribution in [2.45, 2.75) is 17.9 Å². The molecule has 5 nitrogen and oxygen atoms in total. The molecule has 0 bridgehead atoms. The topological polar surface area (TPSA) is 90.2 Å². The van der Waals surface area contributed by atoms with Gasteiger partial charge in [-0.2, -0.15) is 5.26 Å². The lowest BCUT2D eigenvalue weighted by Gasteiger charge is -2.11. The highest BCUT2D eigenvalue weighted by Gasteiger charge is 2.17. The Kier molecular flexibility index (Phi) is 4.48. The first kappa shape index (κ1) is 13.9. The third kappa shape index (κ3) is 3.41. The molecule has 0 fully saturated rings. The Balaban J connectivity index is 3.09. The monoisotopic (exact) mass is 274 g/mol. The molecule has 0 amide bonds. The van der Waals surface area contributed by atoms with Crippen molar-refractivity contribution in [3.63, 3.8) is 0 Å². The van der Waals surface area contributed by atoms with Crippen molar-refractivity contribution in [1.82, 2.24) is 4.72 Å². The van der Waals surface area contributed by atoms with E-state index in [0.29, 0.717) is 0 Å². The van der Waals surface area contributed by atoms with E-state index in [9.17, 15) is 8.42 Å². The Morgan fingerprint density at radius 1 is 1.59 bits per heavy atom. The number of benzene rings is 1. The number of hydrogen-bond donors (Lipinski definition) is 2. The molecule has 17 heavy (non-hydrogen) atoms. The van der Waals surface area contributed by atoms with Crippen LogP contribution in [0.5, 0.6) is 0 Å². The van der Waals surface area contributed by atoms with E-state index < -0.39 is 16.1 Å². The van der Waals surface area contributed by atoms with Gasteiger partial charge in [0.2, 0.25) is 10.0 Å². The Hall–Kier alpha value is -1.13. The minimum atomic E-state index is -3.72. The minimum Gasteiger partial charge on any atom is -0.395 e. The normalized spacial score (nSPS) is 13.1. The van der Waals surface area contributed by atoms with Gasteiger partial charge in [0.05, 0.1) is 22.1 Å². The molecule has 0 saturated heterocycles. The Morgan fingerprint density at radius 3 is 2.71 bits per heavy atom. The lowest BCUT2D eigenvalue weighted by Crippen LogP contribution is -2.34. The summed E-state index contributed by atoms with van der Waals surface area (Å²) in [7, 11) is -3.72. The van der Waals surface area contributed by atoms with Gasteiger partial charge in [0, 0.05) is 6.04 Å². The first-order valence-corrected chi connectivity index (χ1v) is 6.59. The summed E-state index contributed by atoms with van der Waals surface area (Å²) in [5, 5.41) is 17.5. The molecule has 0 aromatic heterocycles. The van der Waals surface area contributed by atoms with Crippen molar-refractivity contribution < 1.29 is 13.5 Å². The van der Waals surface area contributed by atoms with Crippen molar-refractivity contribution in [2.24, 2.45) is 0 Å². The van der Waals surface area contributed by atoms with Crippen LogP contribution in [0.15, 0.2) is 23.1 Å². The fraction of sp³-hybridized carbons (Fsp3) is 0.300. The lowest BCUT2D eigenvalue weighted by molar-refractivity contribution is 0.265. The van der Waals surface area contributed by atoms with E-state index in [4.69, 9.17) is 22.0 Å². The highest BCUT2D eigenvalue weighted by atomic mass is 35.5. The van der Waals surface area contributed by atoms with Gasteiger partial charge in [-0.05, 0) is 25.1 Å². The predicted molar refractivity (Wildman–Crippen MR) is 63.0 cm³/mol. The molecule has 2 N–H and O–H groups in total. The molecule has 0 saturated carbocycles. The summed E-state index contributed by atoms with van der Waals surface area (Å²) in [6.07, 6.45) is 0. The second-order valence-corrected chi connectivity index (χ2v) is 5.58. The smallest absolute Gasteiger partial charge is 0.240 e. The lowest BCUT2D eigenvalue weighted by atomic mass is 10.2. The summed E-state index contributed by atoms with van der Waals surface area (Å²) in [4.78, 5) is -0.0400. The molecule has 1 rings (SSSR count).